The summed E-state index contributed by atoms with van der Waals surface area (Å²) in [6.45, 7) is 4.36. The molecule has 80 valence electrons. The van der Waals surface area contributed by atoms with Crippen molar-refractivity contribution >= 4 is 11.3 Å². The summed E-state index contributed by atoms with van der Waals surface area (Å²) in [6, 6.07) is 8.64. The van der Waals surface area contributed by atoms with Crippen molar-refractivity contribution in [1.82, 2.24) is 5.32 Å². The zero-order chi connectivity index (χ0) is 10.7. The zero-order valence-corrected chi connectivity index (χ0v) is 9.43. The molecule has 0 aliphatic carbocycles. The summed E-state index contributed by atoms with van der Waals surface area (Å²) in [4.78, 5) is 0. The third-order valence-corrected chi connectivity index (χ3v) is 3.02. The van der Waals surface area contributed by atoms with Gasteiger partial charge in [0.1, 0.15) is 0 Å². The van der Waals surface area contributed by atoms with Crippen LogP contribution in [0, 0.1) is 0 Å². The number of hydrogen-bond acceptors (Lipinski definition) is 2. The van der Waals surface area contributed by atoms with E-state index in [9.17, 15) is 0 Å². The summed E-state index contributed by atoms with van der Waals surface area (Å²) < 4.78 is 0. The van der Waals surface area contributed by atoms with E-state index in [0.29, 0.717) is 0 Å². The number of anilines is 1. The lowest BCUT2D eigenvalue weighted by Gasteiger charge is -2.19. The van der Waals surface area contributed by atoms with Crippen molar-refractivity contribution in [2.45, 2.75) is 13.3 Å². The van der Waals surface area contributed by atoms with Gasteiger partial charge in [0.2, 0.25) is 0 Å². The maximum atomic E-state index is 3.42. The van der Waals surface area contributed by atoms with Crippen LogP contribution in [0.15, 0.2) is 29.8 Å². The van der Waals surface area contributed by atoms with Crippen LogP contribution in [-0.2, 0) is 0 Å². The lowest BCUT2D eigenvalue weighted by atomic mass is 9.96. The van der Waals surface area contributed by atoms with E-state index in [1.54, 1.807) is 0 Å². The first-order valence-electron chi connectivity index (χ1n) is 5.49. The molecule has 0 aromatic heterocycles. The predicted molar refractivity (Wildman–Crippen MR) is 66.1 cm³/mol. The van der Waals surface area contributed by atoms with E-state index in [0.717, 1.165) is 13.1 Å². The summed E-state index contributed by atoms with van der Waals surface area (Å²) in [6.07, 6.45) is 1.17. The first kappa shape index (κ1) is 10.2. The standard InChI is InChI=1S/C13H18N2/c1-10-7-8-15-9-13(10)11-3-5-12(14-2)6-4-11/h3-6,14-15H,7-9H2,1-2H3. The Morgan fingerprint density at radius 2 is 1.93 bits per heavy atom. The van der Waals surface area contributed by atoms with Crippen molar-refractivity contribution in [2.75, 3.05) is 25.5 Å². The molecule has 1 aromatic carbocycles. The summed E-state index contributed by atoms with van der Waals surface area (Å²) in [5.41, 5.74) is 5.49. The molecule has 0 saturated carbocycles. The van der Waals surface area contributed by atoms with Crippen molar-refractivity contribution < 1.29 is 0 Å². The zero-order valence-electron chi connectivity index (χ0n) is 9.43. The molecule has 2 heteroatoms. The lowest BCUT2D eigenvalue weighted by Crippen LogP contribution is -2.23. The van der Waals surface area contributed by atoms with Gasteiger partial charge in [-0.3, -0.25) is 0 Å². The van der Waals surface area contributed by atoms with Gasteiger partial charge in [0.25, 0.3) is 0 Å². The third kappa shape index (κ3) is 2.21. The molecule has 15 heavy (non-hydrogen) atoms. The van der Waals surface area contributed by atoms with Gasteiger partial charge in [-0.2, -0.15) is 0 Å². The Hall–Kier alpha value is -1.28. The lowest BCUT2D eigenvalue weighted by molar-refractivity contribution is 0.715. The number of hydrogen-bond donors (Lipinski definition) is 2. The van der Waals surface area contributed by atoms with E-state index in [1.807, 2.05) is 7.05 Å². The highest BCUT2D eigenvalue weighted by molar-refractivity contribution is 5.71. The Kier molecular flexibility index (Phi) is 3.07. The molecule has 0 atom stereocenters. The Bertz CT molecular complexity index is 363. The summed E-state index contributed by atoms with van der Waals surface area (Å²) in [5, 5.41) is 6.56. The minimum Gasteiger partial charge on any atom is -0.388 e. The van der Waals surface area contributed by atoms with E-state index in [4.69, 9.17) is 0 Å². The monoisotopic (exact) mass is 202 g/mol. The highest BCUT2D eigenvalue weighted by Crippen LogP contribution is 2.23. The van der Waals surface area contributed by atoms with Crippen LogP contribution in [0.3, 0.4) is 0 Å². The fourth-order valence-corrected chi connectivity index (χ4v) is 1.98. The van der Waals surface area contributed by atoms with Crippen molar-refractivity contribution in [3.63, 3.8) is 0 Å². The van der Waals surface area contributed by atoms with Crippen LogP contribution in [0.25, 0.3) is 5.57 Å². The summed E-state index contributed by atoms with van der Waals surface area (Å²) in [5.74, 6) is 0. The van der Waals surface area contributed by atoms with Crippen molar-refractivity contribution in [1.29, 1.82) is 0 Å². The summed E-state index contributed by atoms with van der Waals surface area (Å²) >= 11 is 0. The second-order valence-electron chi connectivity index (χ2n) is 4.01. The molecular weight excluding hydrogens is 184 g/mol. The highest BCUT2D eigenvalue weighted by atomic mass is 14.9. The molecule has 0 unspecified atom stereocenters. The van der Waals surface area contributed by atoms with Gasteiger partial charge in [0.15, 0.2) is 0 Å². The molecule has 0 saturated heterocycles. The first-order chi connectivity index (χ1) is 7.31. The number of rotatable bonds is 2. The maximum absolute atomic E-state index is 3.42. The predicted octanol–water partition coefficient (Wildman–Crippen LogP) is 2.50. The molecule has 1 heterocycles. The quantitative estimate of drug-likeness (QED) is 0.770. The van der Waals surface area contributed by atoms with Crippen molar-refractivity contribution in [2.24, 2.45) is 0 Å². The minimum absolute atomic E-state index is 1.00. The van der Waals surface area contributed by atoms with Crippen LogP contribution in [0.1, 0.15) is 18.9 Å². The first-order valence-corrected chi connectivity index (χ1v) is 5.49. The smallest absolute Gasteiger partial charge is 0.0337 e. The number of benzene rings is 1. The molecule has 1 aliphatic heterocycles. The molecule has 0 fully saturated rings. The molecule has 1 aliphatic rings. The van der Waals surface area contributed by atoms with Gasteiger partial charge in [0.05, 0.1) is 0 Å². The Labute approximate surface area is 91.4 Å². The SMILES string of the molecule is CNc1ccc(C2=C(C)CCNC2)cc1. The molecule has 1 aromatic rings. The van der Waals surface area contributed by atoms with E-state index >= 15 is 0 Å². The second kappa shape index (κ2) is 4.49. The van der Waals surface area contributed by atoms with E-state index in [1.165, 1.54) is 28.8 Å². The van der Waals surface area contributed by atoms with Crippen LogP contribution in [-0.4, -0.2) is 20.1 Å². The van der Waals surface area contributed by atoms with Crippen molar-refractivity contribution in [3.8, 4) is 0 Å². The largest absolute Gasteiger partial charge is 0.388 e. The maximum Gasteiger partial charge on any atom is 0.0337 e. The Morgan fingerprint density at radius 3 is 2.53 bits per heavy atom. The van der Waals surface area contributed by atoms with Gasteiger partial charge >= 0.3 is 0 Å². The second-order valence-corrected chi connectivity index (χ2v) is 4.01. The fraction of sp³-hybridized carbons (Fsp3) is 0.385. The molecule has 2 rings (SSSR count). The molecule has 0 bridgehead atoms. The third-order valence-electron chi connectivity index (χ3n) is 3.02. The number of nitrogens with one attached hydrogen (secondary N) is 2. The Balaban J connectivity index is 2.28. The van der Waals surface area contributed by atoms with Crippen LogP contribution < -0.4 is 10.6 Å². The molecule has 0 radical (unpaired) electrons. The van der Waals surface area contributed by atoms with Gasteiger partial charge in [-0.05, 0) is 43.2 Å². The van der Waals surface area contributed by atoms with Gasteiger partial charge < -0.3 is 10.6 Å². The Morgan fingerprint density at radius 1 is 1.20 bits per heavy atom. The van der Waals surface area contributed by atoms with Gasteiger partial charge in [-0.1, -0.05) is 17.7 Å². The van der Waals surface area contributed by atoms with E-state index in [2.05, 4.69) is 41.8 Å². The topological polar surface area (TPSA) is 24.1 Å². The molecule has 2 nitrogen and oxygen atoms in total. The molecule has 0 spiro atoms. The van der Waals surface area contributed by atoms with Gasteiger partial charge in [-0.25, -0.2) is 0 Å². The van der Waals surface area contributed by atoms with Gasteiger partial charge in [0, 0.05) is 19.3 Å². The highest BCUT2D eigenvalue weighted by Gasteiger charge is 2.09. The molecule has 0 amide bonds. The van der Waals surface area contributed by atoms with Gasteiger partial charge in [-0.15, -0.1) is 0 Å². The normalized spacial score (nSPS) is 16.7. The van der Waals surface area contributed by atoms with Crippen LogP contribution in [0.5, 0.6) is 0 Å². The van der Waals surface area contributed by atoms with Crippen LogP contribution >= 0.6 is 0 Å². The average Bonchev–Trinajstić information content (AvgIpc) is 2.30. The fourth-order valence-electron chi connectivity index (χ4n) is 1.98. The van der Waals surface area contributed by atoms with Crippen LogP contribution in [0.4, 0.5) is 5.69 Å². The molecular formula is C13H18N2. The molecule has 2 N–H and O–H groups in total. The van der Waals surface area contributed by atoms with E-state index < -0.39 is 0 Å². The van der Waals surface area contributed by atoms with Crippen molar-refractivity contribution in [3.05, 3.63) is 35.4 Å². The average molecular weight is 202 g/mol. The summed E-state index contributed by atoms with van der Waals surface area (Å²) in [7, 11) is 1.95. The minimum atomic E-state index is 1.00. The van der Waals surface area contributed by atoms with Crippen LogP contribution in [0.2, 0.25) is 0 Å². The van der Waals surface area contributed by atoms with E-state index in [-0.39, 0.29) is 0 Å².